The fraction of sp³-hybridized carbons (Fsp3) is 0.450. The van der Waals surface area contributed by atoms with E-state index in [0.717, 1.165) is 13.1 Å². The summed E-state index contributed by atoms with van der Waals surface area (Å²) in [4.78, 5) is 9.37. The molecule has 4 rings (SSSR count). The van der Waals surface area contributed by atoms with Gasteiger partial charge < -0.3 is 5.32 Å². The van der Waals surface area contributed by atoms with E-state index < -0.39 is 0 Å². The van der Waals surface area contributed by atoms with Crippen LogP contribution in [0.1, 0.15) is 18.4 Å². The van der Waals surface area contributed by atoms with E-state index in [1.807, 2.05) is 24.5 Å². The van der Waals surface area contributed by atoms with Crippen molar-refractivity contribution in [2.24, 2.45) is 0 Å². The van der Waals surface area contributed by atoms with Gasteiger partial charge in [-0.05, 0) is 30.5 Å². The molecular weight excluding hydrogens is 296 g/mol. The Morgan fingerprint density at radius 3 is 2.29 bits per heavy atom. The Morgan fingerprint density at radius 2 is 1.62 bits per heavy atom. The first-order chi connectivity index (χ1) is 11.8. The van der Waals surface area contributed by atoms with Crippen molar-refractivity contribution in [3.63, 3.8) is 0 Å². The molecule has 0 radical (unpaired) electrons. The van der Waals surface area contributed by atoms with Crippen molar-refractivity contribution >= 4 is 5.69 Å². The van der Waals surface area contributed by atoms with Gasteiger partial charge in [0.25, 0.3) is 0 Å². The van der Waals surface area contributed by atoms with Crippen molar-refractivity contribution in [2.45, 2.75) is 24.9 Å². The second-order valence-corrected chi connectivity index (χ2v) is 7.06. The standard InChI is InChI=1S/C20H26N4/c1-2-4-18(5-3-1)16-23-12-14-24(15-13-23)20(8-9-20)17-22-19-6-10-21-11-7-19/h1-7,10-11H,8-9,12-17H2,(H,21,22). The monoisotopic (exact) mass is 322 g/mol. The highest BCUT2D eigenvalue weighted by molar-refractivity contribution is 5.41. The van der Waals surface area contributed by atoms with Gasteiger partial charge in [0.05, 0.1) is 0 Å². The zero-order chi connectivity index (χ0) is 16.2. The van der Waals surface area contributed by atoms with E-state index in [1.54, 1.807) is 0 Å². The summed E-state index contributed by atoms with van der Waals surface area (Å²) in [5, 5.41) is 3.60. The number of pyridine rings is 1. The topological polar surface area (TPSA) is 31.4 Å². The smallest absolute Gasteiger partial charge is 0.0384 e. The lowest BCUT2D eigenvalue weighted by atomic mass is 10.1. The summed E-state index contributed by atoms with van der Waals surface area (Å²) in [7, 11) is 0. The zero-order valence-corrected chi connectivity index (χ0v) is 14.2. The van der Waals surface area contributed by atoms with Crippen molar-refractivity contribution in [2.75, 3.05) is 38.0 Å². The number of hydrogen-bond donors (Lipinski definition) is 1. The Balaban J connectivity index is 1.28. The molecule has 0 amide bonds. The van der Waals surface area contributed by atoms with Crippen molar-refractivity contribution in [1.29, 1.82) is 0 Å². The zero-order valence-electron chi connectivity index (χ0n) is 14.2. The van der Waals surface area contributed by atoms with Crippen LogP contribution in [0.4, 0.5) is 5.69 Å². The van der Waals surface area contributed by atoms with Crippen LogP contribution >= 0.6 is 0 Å². The van der Waals surface area contributed by atoms with E-state index >= 15 is 0 Å². The predicted molar refractivity (Wildman–Crippen MR) is 98.0 cm³/mol. The first-order valence-electron chi connectivity index (χ1n) is 8.99. The van der Waals surface area contributed by atoms with Crippen LogP contribution in [0.25, 0.3) is 0 Å². The molecule has 1 aromatic heterocycles. The number of aromatic nitrogens is 1. The van der Waals surface area contributed by atoms with Gasteiger partial charge in [-0.1, -0.05) is 30.3 Å². The van der Waals surface area contributed by atoms with Crippen molar-refractivity contribution in [1.82, 2.24) is 14.8 Å². The van der Waals surface area contributed by atoms with Gasteiger partial charge in [0.15, 0.2) is 0 Å². The summed E-state index contributed by atoms with van der Waals surface area (Å²) in [6.45, 7) is 6.85. The van der Waals surface area contributed by atoms with Crippen LogP contribution in [-0.2, 0) is 6.54 Å². The van der Waals surface area contributed by atoms with Crippen LogP contribution in [0.5, 0.6) is 0 Å². The second kappa shape index (κ2) is 6.91. The first kappa shape index (κ1) is 15.6. The molecule has 2 fully saturated rings. The Bertz CT molecular complexity index is 631. The summed E-state index contributed by atoms with van der Waals surface area (Å²) in [5.74, 6) is 0. The lowest BCUT2D eigenvalue weighted by Crippen LogP contribution is -2.53. The number of piperazine rings is 1. The van der Waals surface area contributed by atoms with E-state index in [1.165, 1.54) is 50.3 Å². The number of benzene rings is 1. The fourth-order valence-electron chi connectivity index (χ4n) is 3.71. The second-order valence-electron chi connectivity index (χ2n) is 7.06. The molecule has 1 saturated carbocycles. The van der Waals surface area contributed by atoms with Crippen molar-refractivity contribution in [3.05, 3.63) is 60.4 Å². The van der Waals surface area contributed by atoms with E-state index in [0.29, 0.717) is 5.54 Å². The van der Waals surface area contributed by atoms with Gasteiger partial charge in [-0.2, -0.15) is 0 Å². The Morgan fingerprint density at radius 1 is 0.917 bits per heavy atom. The van der Waals surface area contributed by atoms with Gasteiger partial charge in [0.1, 0.15) is 0 Å². The molecule has 2 aromatic rings. The molecular formula is C20H26N4. The van der Waals surface area contributed by atoms with Crippen molar-refractivity contribution in [3.8, 4) is 0 Å². The number of anilines is 1. The van der Waals surface area contributed by atoms with Crippen LogP contribution in [0.3, 0.4) is 0 Å². The van der Waals surface area contributed by atoms with Crippen molar-refractivity contribution < 1.29 is 0 Å². The normalized spacial score (nSPS) is 20.7. The molecule has 1 N–H and O–H groups in total. The maximum absolute atomic E-state index is 4.08. The highest BCUT2D eigenvalue weighted by atomic mass is 15.3. The molecule has 2 aliphatic rings. The van der Waals surface area contributed by atoms with E-state index in [2.05, 4.69) is 50.4 Å². The van der Waals surface area contributed by atoms with Gasteiger partial charge >= 0.3 is 0 Å². The summed E-state index contributed by atoms with van der Waals surface area (Å²) in [6, 6.07) is 14.9. The third-order valence-corrected chi connectivity index (χ3v) is 5.42. The number of hydrogen-bond acceptors (Lipinski definition) is 4. The summed E-state index contributed by atoms with van der Waals surface area (Å²) < 4.78 is 0. The molecule has 0 unspecified atom stereocenters. The molecule has 4 heteroatoms. The highest BCUT2D eigenvalue weighted by Gasteiger charge is 2.48. The largest absolute Gasteiger partial charge is 0.383 e. The summed E-state index contributed by atoms with van der Waals surface area (Å²) >= 11 is 0. The van der Waals surface area contributed by atoms with E-state index in [9.17, 15) is 0 Å². The third-order valence-electron chi connectivity index (χ3n) is 5.42. The number of rotatable bonds is 6. The van der Waals surface area contributed by atoms with Gasteiger partial charge in [-0.25, -0.2) is 0 Å². The molecule has 1 saturated heterocycles. The van der Waals surface area contributed by atoms with E-state index in [-0.39, 0.29) is 0 Å². The highest BCUT2D eigenvalue weighted by Crippen LogP contribution is 2.42. The molecule has 2 heterocycles. The lowest BCUT2D eigenvalue weighted by Gasteiger charge is -2.40. The first-order valence-corrected chi connectivity index (χ1v) is 8.99. The average Bonchev–Trinajstić information content (AvgIpc) is 3.44. The summed E-state index contributed by atoms with van der Waals surface area (Å²) in [5.41, 5.74) is 2.99. The van der Waals surface area contributed by atoms with Crippen LogP contribution in [-0.4, -0.2) is 53.0 Å². The predicted octanol–water partition coefficient (Wildman–Crippen LogP) is 2.84. The number of nitrogens with zero attached hydrogens (tertiary/aromatic N) is 3. The number of nitrogens with one attached hydrogen (secondary N) is 1. The minimum Gasteiger partial charge on any atom is -0.383 e. The molecule has 1 aromatic carbocycles. The molecule has 0 spiro atoms. The average molecular weight is 322 g/mol. The molecule has 24 heavy (non-hydrogen) atoms. The maximum Gasteiger partial charge on any atom is 0.0384 e. The van der Waals surface area contributed by atoms with Crippen LogP contribution in [0.2, 0.25) is 0 Å². The minimum absolute atomic E-state index is 0.391. The molecule has 0 atom stereocenters. The minimum atomic E-state index is 0.391. The molecule has 1 aliphatic carbocycles. The lowest BCUT2D eigenvalue weighted by molar-refractivity contribution is 0.0856. The molecule has 1 aliphatic heterocycles. The van der Waals surface area contributed by atoms with Gasteiger partial charge in [-0.3, -0.25) is 14.8 Å². The summed E-state index contributed by atoms with van der Waals surface area (Å²) in [6.07, 6.45) is 6.35. The van der Waals surface area contributed by atoms with Gasteiger partial charge in [0, 0.05) is 62.9 Å². The molecule has 126 valence electrons. The maximum atomic E-state index is 4.08. The fourth-order valence-corrected chi connectivity index (χ4v) is 3.71. The molecule has 0 bridgehead atoms. The Hall–Kier alpha value is -1.91. The third kappa shape index (κ3) is 3.60. The van der Waals surface area contributed by atoms with Crippen LogP contribution in [0.15, 0.2) is 54.9 Å². The Kier molecular flexibility index (Phi) is 4.50. The quantitative estimate of drug-likeness (QED) is 0.886. The van der Waals surface area contributed by atoms with Gasteiger partial charge in [0.2, 0.25) is 0 Å². The SMILES string of the molecule is c1ccc(CN2CCN(C3(CNc4ccncc4)CC3)CC2)cc1. The molecule has 4 nitrogen and oxygen atoms in total. The Labute approximate surface area is 144 Å². The van der Waals surface area contributed by atoms with Gasteiger partial charge in [-0.15, -0.1) is 0 Å². The van der Waals surface area contributed by atoms with Crippen LogP contribution < -0.4 is 5.32 Å². The van der Waals surface area contributed by atoms with Crippen LogP contribution in [0, 0.1) is 0 Å². The van der Waals surface area contributed by atoms with E-state index in [4.69, 9.17) is 0 Å².